The summed E-state index contributed by atoms with van der Waals surface area (Å²) in [5.41, 5.74) is 0. The van der Waals surface area contributed by atoms with Crippen molar-refractivity contribution in [2.45, 2.75) is 0 Å². The summed E-state index contributed by atoms with van der Waals surface area (Å²) in [5.74, 6) is 0. The van der Waals surface area contributed by atoms with Crippen molar-refractivity contribution < 1.29 is 22.4 Å². The third kappa shape index (κ3) is 684. The molecule has 0 saturated carbocycles. The third-order valence-electron chi connectivity index (χ3n) is 0. The van der Waals surface area contributed by atoms with Crippen LogP contribution in [0.2, 0.25) is 0 Å². The largest absolute Gasteiger partial charge is 1.00 e. The molecule has 0 aliphatic carbocycles. The zero-order chi connectivity index (χ0) is 4.00. The van der Waals surface area contributed by atoms with Gasteiger partial charge in [-0.1, -0.05) is 0 Å². The van der Waals surface area contributed by atoms with E-state index in [2.05, 4.69) is 12.8 Å². The molecule has 0 saturated heterocycles. The Bertz CT molecular complexity index is 19.1. The van der Waals surface area contributed by atoms with Gasteiger partial charge in [-0.3, -0.25) is 0 Å². The minimum absolute atomic E-state index is 0. The Hall–Kier alpha value is -0.140. The van der Waals surface area contributed by atoms with Crippen LogP contribution in [0.4, 0.5) is 0 Å². The van der Waals surface area contributed by atoms with Crippen molar-refractivity contribution in [2.75, 3.05) is 0 Å². The molecule has 0 N–H and O–H groups in total. The van der Waals surface area contributed by atoms with Crippen molar-refractivity contribution >= 4 is 0 Å². The first-order valence-corrected chi connectivity index (χ1v) is 0.577. The summed E-state index contributed by atoms with van der Waals surface area (Å²) in [7, 11) is 0. The summed E-state index contributed by atoms with van der Waals surface area (Å²) in [6, 6.07) is 0. The Kier molecular flexibility index (Phi) is 6770. The number of hydrogen-bond acceptors (Lipinski definition) is 0. The minimum atomic E-state index is 0. The van der Waals surface area contributed by atoms with Crippen LogP contribution in [0, 0.1) is 25.7 Å². The normalized spacial score (nSPS) is 0.800. The van der Waals surface area contributed by atoms with E-state index in [1.807, 2.05) is 0 Å². The van der Waals surface area contributed by atoms with E-state index in [1.165, 1.54) is 0 Å². The van der Waals surface area contributed by atoms with Gasteiger partial charge in [-0.2, -0.15) is 0 Å². The predicted molar refractivity (Wildman–Crippen MR) is 16.4 cm³/mol. The van der Waals surface area contributed by atoms with Gasteiger partial charge in [0.05, 0.1) is 0 Å². The molecule has 1 heteroatoms. The van der Waals surface area contributed by atoms with Crippen molar-refractivity contribution in [3.8, 4) is 12.8 Å². The van der Waals surface area contributed by atoms with Crippen LogP contribution >= 0.6 is 0 Å². The van der Waals surface area contributed by atoms with Crippen LogP contribution in [0.3, 0.4) is 0 Å². The molecule has 0 amide bonds. The van der Waals surface area contributed by atoms with Gasteiger partial charge in [0.15, 0.2) is 0 Å². The molecule has 0 aliphatic heterocycles. The van der Waals surface area contributed by atoms with Gasteiger partial charge in [0.2, 0.25) is 0 Å². The van der Waals surface area contributed by atoms with Crippen LogP contribution in [-0.4, -0.2) is 0 Å². The smallest absolute Gasteiger partial charge is 0.697 e. The fourth-order valence-corrected chi connectivity index (χ4v) is 0. The molecule has 0 fully saturated rings. The average Bonchev–Trinajstić information content (AvgIpc) is 1.50. The van der Waals surface area contributed by atoms with Crippen LogP contribution in [0.1, 0.15) is 0 Å². The molecule has 5 heavy (non-hydrogen) atoms. The Morgan fingerprint density at radius 3 is 0.800 bits per heavy atom. The first-order valence-electron chi connectivity index (χ1n) is 0.577. The van der Waals surface area contributed by atoms with Gasteiger partial charge in [-0.05, 0) is 0 Å². The van der Waals surface area contributed by atoms with Crippen molar-refractivity contribution in [1.82, 2.24) is 0 Å². The maximum Gasteiger partial charge on any atom is 1.00 e. The van der Waals surface area contributed by atoms with E-state index in [-0.39, 0.29) is 22.4 Å². The monoisotopic (exact) mass is 247 g/mol. The topological polar surface area (TPSA) is 0 Å². The summed E-state index contributed by atoms with van der Waals surface area (Å²) in [6.45, 7) is 0. The minimum Gasteiger partial charge on any atom is -0.697 e. The van der Waals surface area contributed by atoms with Gasteiger partial charge in [-0.15, -0.1) is 0 Å². The Balaban J connectivity index is -0.0000000133. The summed E-state index contributed by atoms with van der Waals surface area (Å²) >= 11 is 0. The Labute approximate surface area is 48.5 Å². The molecule has 0 aromatic heterocycles. The second kappa shape index (κ2) is 1620. The number of terminal acetylenes is 2. The molecule has 0 aromatic carbocycles. The Morgan fingerprint density at radius 1 is 0.800 bits per heavy atom. The van der Waals surface area contributed by atoms with Gasteiger partial charge < -0.3 is 25.7 Å². The summed E-state index contributed by atoms with van der Waals surface area (Å²) in [6.07, 6.45) is 18.0. The first kappa shape index (κ1) is 20.9. The van der Waals surface area contributed by atoms with Crippen molar-refractivity contribution in [2.24, 2.45) is 0 Å². The molecule has 0 bridgehead atoms. The van der Waals surface area contributed by atoms with Crippen LogP contribution in [0.5, 0.6) is 0 Å². The molecule has 0 aromatic rings. The quantitative estimate of drug-likeness (QED) is 0.330. The van der Waals surface area contributed by atoms with E-state index < -0.39 is 0 Å². The SMILES string of the molecule is [Au+].[C-]#C.[C-]#C. The molecule has 0 radical (unpaired) electrons. The third-order valence-corrected chi connectivity index (χ3v) is 0. The fourth-order valence-electron chi connectivity index (χ4n) is 0. The zero-order valence-electron chi connectivity index (χ0n) is 2.46. The fraction of sp³-hybridized carbons (Fsp3) is 0. The molecule has 0 atom stereocenters. The van der Waals surface area contributed by atoms with Crippen molar-refractivity contribution in [1.29, 1.82) is 0 Å². The van der Waals surface area contributed by atoms with E-state index in [9.17, 15) is 0 Å². The zero-order valence-corrected chi connectivity index (χ0v) is 4.62. The van der Waals surface area contributed by atoms with E-state index in [0.29, 0.717) is 0 Å². The predicted octanol–water partition coefficient (Wildman–Crippen LogP) is 0.409. The molecule has 0 spiro atoms. The van der Waals surface area contributed by atoms with Gasteiger partial charge >= 0.3 is 22.4 Å². The van der Waals surface area contributed by atoms with Crippen LogP contribution in [-0.2, 0) is 22.4 Å². The van der Waals surface area contributed by atoms with E-state index >= 15 is 0 Å². The van der Waals surface area contributed by atoms with Crippen LogP contribution < -0.4 is 0 Å². The molecule has 0 heterocycles. The first-order chi connectivity index (χ1) is 2.00. The molecule has 0 nitrogen and oxygen atoms in total. The second-order valence-electron chi connectivity index (χ2n) is 0. The number of rotatable bonds is 0. The maximum atomic E-state index is 5.25. The van der Waals surface area contributed by atoms with E-state index in [4.69, 9.17) is 12.8 Å². The summed E-state index contributed by atoms with van der Waals surface area (Å²) in [5, 5.41) is 0. The Morgan fingerprint density at radius 2 is 0.800 bits per heavy atom. The molecular formula is C4H2Au-. The molecule has 30 valence electrons. The van der Waals surface area contributed by atoms with E-state index in [1.54, 1.807) is 0 Å². The second-order valence-corrected chi connectivity index (χ2v) is 0. The number of hydrogen-bond donors (Lipinski definition) is 0. The standard InChI is InChI=1S/2C2H.Au/c2*1-2;/h2*1H;/q2*-1;+1. The van der Waals surface area contributed by atoms with Crippen molar-refractivity contribution in [3.63, 3.8) is 0 Å². The molecule has 0 unspecified atom stereocenters. The van der Waals surface area contributed by atoms with Gasteiger partial charge in [0.25, 0.3) is 0 Å². The summed E-state index contributed by atoms with van der Waals surface area (Å²) < 4.78 is 0. The maximum absolute atomic E-state index is 5.25. The molecular weight excluding hydrogens is 245 g/mol. The van der Waals surface area contributed by atoms with E-state index in [0.717, 1.165) is 0 Å². The summed E-state index contributed by atoms with van der Waals surface area (Å²) in [4.78, 5) is 0. The average molecular weight is 247 g/mol. The molecule has 0 aliphatic rings. The van der Waals surface area contributed by atoms with Crippen molar-refractivity contribution in [3.05, 3.63) is 12.8 Å². The van der Waals surface area contributed by atoms with Crippen LogP contribution in [0.15, 0.2) is 0 Å². The van der Waals surface area contributed by atoms with Gasteiger partial charge in [-0.25, -0.2) is 0 Å². The molecule has 0 rings (SSSR count). The van der Waals surface area contributed by atoms with Gasteiger partial charge in [0, 0.05) is 0 Å². The van der Waals surface area contributed by atoms with Crippen LogP contribution in [0.25, 0.3) is 0 Å². The van der Waals surface area contributed by atoms with Gasteiger partial charge in [0.1, 0.15) is 0 Å².